The van der Waals surface area contributed by atoms with Crippen molar-refractivity contribution in [3.05, 3.63) is 89.1 Å². The summed E-state index contributed by atoms with van der Waals surface area (Å²) in [6.07, 6.45) is 0.0587. The Bertz CT molecular complexity index is 1260. The number of aryl methyl sites for hydroxylation is 2. The van der Waals surface area contributed by atoms with Crippen molar-refractivity contribution in [3.8, 4) is 11.5 Å². The summed E-state index contributed by atoms with van der Waals surface area (Å²) in [7, 11) is 1.58. The van der Waals surface area contributed by atoms with E-state index in [1.807, 2.05) is 70.2 Å². The average Bonchev–Trinajstić information content (AvgIpc) is 3.05. The topological polar surface area (TPSA) is 67.9 Å². The summed E-state index contributed by atoms with van der Waals surface area (Å²) < 4.78 is 11.0. The molecule has 34 heavy (non-hydrogen) atoms. The highest BCUT2D eigenvalue weighted by Gasteiger charge is 2.40. The first-order chi connectivity index (χ1) is 16.3. The molecule has 1 N–H and O–H groups in total. The van der Waals surface area contributed by atoms with Crippen molar-refractivity contribution in [2.24, 2.45) is 0 Å². The Morgan fingerprint density at radius 1 is 0.824 bits per heavy atom. The number of nitrogens with zero attached hydrogens (tertiary/aromatic N) is 1. The lowest BCUT2D eigenvalue weighted by molar-refractivity contribution is -0.120. The van der Waals surface area contributed by atoms with Gasteiger partial charge in [0.15, 0.2) is 0 Å². The zero-order chi connectivity index (χ0) is 24.4. The standard InChI is InChI=1S/C28H28N2O4/c1-17(2)34-23-14-10-21(11-15-23)29-26-25(20-8-12-22(33-5)13-9-20)27(31)30(28(26)32)24-16-18(3)6-7-19(24)4/h6-17,29H,1-5H3. The number of imide groups is 1. The molecular formula is C28H28N2O4. The van der Waals surface area contributed by atoms with Gasteiger partial charge in [0.05, 0.1) is 24.5 Å². The van der Waals surface area contributed by atoms with Crippen LogP contribution in [0.5, 0.6) is 11.5 Å². The first-order valence-corrected chi connectivity index (χ1v) is 11.2. The largest absolute Gasteiger partial charge is 0.497 e. The molecule has 0 aliphatic carbocycles. The van der Waals surface area contributed by atoms with Gasteiger partial charge in [0.1, 0.15) is 17.2 Å². The number of benzene rings is 3. The van der Waals surface area contributed by atoms with Crippen LogP contribution < -0.4 is 19.7 Å². The number of carbonyl (C=O) groups excluding carboxylic acids is 2. The SMILES string of the molecule is COc1ccc(C2=C(Nc3ccc(OC(C)C)cc3)C(=O)N(c3cc(C)ccc3C)C2=O)cc1. The second-order valence-corrected chi connectivity index (χ2v) is 8.53. The van der Waals surface area contributed by atoms with E-state index in [-0.39, 0.29) is 17.7 Å². The van der Waals surface area contributed by atoms with Crippen LogP contribution in [0.1, 0.15) is 30.5 Å². The molecule has 0 spiro atoms. The van der Waals surface area contributed by atoms with Crippen molar-refractivity contribution in [2.45, 2.75) is 33.8 Å². The van der Waals surface area contributed by atoms with E-state index in [0.717, 1.165) is 16.9 Å². The molecule has 6 heteroatoms. The summed E-state index contributed by atoms with van der Waals surface area (Å²) in [4.78, 5) is 28.6. The van der Waals surface area contributed by atoms with Crippen LogP contribution in [0.15, 0.2) is 72.4 Å². The van der Waals surface area contributed by atoms with Gasteiger partial charge in [0, 0.05) is 5.69 Å². The van der Waals surface area contributed by atoms with Crippen LogP contribution in [-0.4, -0.2) is 25.0 Å². The number of hydrogen-bond donors (Lipinski definition) is 1. The van der Waals surface area contributed by atoms with E-state index < -0.39 is 5.91 Å². The van der Waals surface area contributed by atoms with Crippen molar-refractivity contribution < 1.29 is 19.1 Å². The molecule has 174 valence electrons. The number of hydrogen-bond acceptors (Lipinski definition) is 5. The molecule has 0 saturated heterocycles. The minimum atomic E-state index is -0.396. The predicted octanol–water partition coefficient (Wildman–Crippen LogP) is 5.50. The van der Waals surface area contributed by atoms with Crippen molar-refractivity contribution >= 4 is 28.8 Å². The van der Waals surface area contributed by atoms with Gasteiger partial charge in [0.2, 0.25) is 0 Å². The first-order valence-electron chi connectivity index (χ1n) is 11.2. The molecule has 0 unspecified atom stereocenters. The van der Waals surface area contributed by atoms with E-state index in [4.69, 9.17) is 9.47 Å². The monoisotopic (exact) mass is 456 g/mol. The van der Waals surface area contributed by atoms with Crippen LogP contribution in [0, 0.1) is 13.8 Å². The van der Waals surface area contributed by atoms with E-state index in [9.17, 15) is 9.59 Å². The highest BCUT2D eigenvalue weighted by Crippen LogP contribution is 2.36. The molecular weight excluding hydrogens is 428 g/mol. The highest BCUT2D eigenvalue weighted by molar-refractivity contribution is 6.46. The number of anilines is 2. The maximum Gasteiger partial charge on any atom is 0.282 e. The lowest BCUT2D eigenvalue weighted by Gasteiger charge is -2.18. The summed E-state index contributed by atoms with van der Waals surface area (Å²) >= 11 is 0. The molecule has 0 atom stereocenters. The van der Waals surface area contributed by atoms with E-state index in [2.05, 4.69) is 5.32 Å². The Morgan fingerprint density at radius 3 is 2.09 bits per heavy atom. The van der Waals surface area contributed by atoms with E-state index in [1.165, 1.54) is 4.90 Å². The third-order valence-corrected chi connectivity index (χ3v) is 5.56. The molecule has 0 fully saturated rings. The van der Waals surface area contributed by atoms with Gasteiger partial charge < -0.3 is 14.8 Å². The fraction of sp³-hybridized carbons (Fsp3) is 0.214. The van der Waals surface area contributed by atoms with Crippen LogP contribution >= 0.6 is 0 Å². The highest BCUT2D eigenvalue weighted by atomic mass is 16.5. The van der Waals surface area contributed by atoms with E-state index in [1.54, 1.807) is 31.4 Å². The summed E-state index contributed by atoms with van der Waals surface area (Å²) in [6, 6.07) is 20.2. The van der Waals surface area contributed by atoms with Crippen molar-refractivity contribution in [1.82, 2.24) is 0 Å². The Hall–Kier alpha value is -4.06. The van der Waals surface area contributed by atoms with Crippen LogP contribution in [0.25, 0.3) is 5.57 Å². The van der Waals surface area contributed by atoms with Gasteiger partial charge in [-0.2, -0.15) is 0 Å². The van der Waals surface area contributed by atoms with E-state index in [0.29, 0.717) is 28.3 Å². The molecule has 0 aromatic heterocycles. The molecule has 4 rings (SSSR count). The van der Waals surface area contributed by atoms with Crippen molar-refractivity contribution in [3.63, 3.8) is 0 Å². The lowest BCUT2D eigenvalue weighted by atomic mass is 10.0. The minimum absolute atomic E-state index is 0.0587. The summed E-state index contributed by atoms with van der Waals surface area (Å²) in [5.74, 6) is 0.636. The molecule has 1 aliphatic rings. The predicted molar refractivity (Wildman–Crippen MR) is 134 cm³/mol. The van der Waals surface area contributed by atoms with Gasteiger partial charge >= 0.3 is 0 Å². The summed E-state index contributed by atoms with van der Waals surface area (Å²) in [5.41, 5.74) is 4.26. The Morgan fingerprint density at radius 2 is 1.47 bits per heavy atom. The molecule has 3 aromatic carbocycles. The van der Waals surface area contributed by atoms with Crippen molar-refractivity contribution in [1.29, 1.82) is 0 Å². The van der Waals surface area contributed by atoms with Gasteiger partial charge in [-0.05, 0) is 86.8 Å². The third-order valence-electron chi connectivity index (χ3n) is 5.56. The Balaban J connectivity index is 1.77. The smallest absolute Gasteiger partial charge is 0.282 e. The third kappa shape index (κ3) is 4.53. The second-order valence-electron chi connectivity index (χ2n) is 8.53. The minimum Gasteiger partial charge on any atom is -0.497 e. The zero-order valence-electron chi connectivity index (χ0n) is 20.0. The normalized spacial score (nSPS) is 13.6. The second kappa shape index (κ2) is 9.43. The maximum atomic E-state index is 13.7. The van der Waals surface area contributed by atoms with Crippen molar-refractivity contribution in [2.75, 3.05) is 17.3 Å². The maximum absolute atomic E-state index is 13.7. The average molecular weight is 457 g/mol. The number of rotatable bonds is 7. The number of methoxy groups -OCH3 is 1. The van der Waals surface area contributed by atoms with Crippen LogP contribution in [0.3, 0.4) is 0 Å². The lowest BCUT2D eigenvalue weighted by Crippen LogP contribution is -2.33. The van der Waals surface area contributed by atoms with Gasteiger partial charge in [0.25, 0.3) is 11.8 Å². The van der Waals surface area contributed by atoms with Gasteiger partial charge in [-0.25, -0.2) is 4.90 Å². The quantitative estimate of drug-likeness (QED) is 0.476. The number of ether oxygens (including phenoxy) is 2. The molecule has 1 aliphatic heterocycles. The molecule has 0 radical (unpaired) electrons. The molecule has 6 nitrogen and oxygen atoms in total. The molecule has 2 amide bonds. The molecule has 1 heterocycles. The zero-order valence-corrected chi connectivity index (χ0v) is 20.0. The summed E-state index contributed by atoms with van der Waals surface area (Å²) in [6.45, 7) is 7.75. The first kappa shape index (κ1) is 23.1. The summed E-state index contributed by atoms with van der Waals surface area (Å²) in [5, 5.41) is 3.19. The van der Waals surface area contributed by atoms with Gasteiger partial charge in [-0.1, -0.05) is 24.3 Å². The molecule has 3 aromatic rings. The number of amides is 2. The number of carbonyl (C=O) groups is 2. The van der Waals surface area contributed by atoms with E-state index >= 15 is 0 Å². The molecule has 0 bridgehead atoms. The molecule has 0 saturated carbocycles. The fourth-order valence-electron chi connectivity index (χ4n) is 3.88. The van der Waals surface area contributed by atoms with Crippen LogP contribution in [0.2, 0.25) is 0 Å². The van der Waals surface area contributed by atoms with Crippen LogP contribution in [0.4, 0.5) is 11.4 Å². The number of nitrogens with one attached hydrogen (secondary N) is 1. The van der Waals surface area contributed by atoms with Gasteiger partial charge in [-0.3, -0.25) is 9.59 Å². The Labute approximate surface area is 199 Å². The van der Waals surface area contributed by atoms with Crippen LogP contribution in [-0.2, 0) is 9.59 Å². The van der Waals surface area contributed by atoms with Gasteiger partial charge in [-0.15, -0.1) is 0 Å². The fourth-order valence-corrected chi connectivity index (χ4v) is 3.88. The Kier molecular flexibility index (Phi) is 6.41.